The van der Waals surface area contributed by atoms with Crippen LogP contribution in [0.3, 0.4) is 0 Å². The van der Waals surface area contributed by atoms with E-state index in [9.17, 15) is 26.3 Å². The molecule has 1 heterocycles. The standard InChI is InChI=1S/C10H6F6N4/c1-20-18-8(17-19-20)5-2-6(9(11,12)13)4-7(3-5)10(14,15)16/h2-4,20H,1H2. The van der Waals surface area contributed by atoms with Crippen molar-refractivity contribution in [1.29, 1.82) is 0 Å². The maximum atomic E-state index is 12.6. The first-order valence-electron chi connectivity index (χ1n) is 5.06. The van der Waals surface area contributed by atoms with Crippen molar-refractivity contribution in [2.75, 3.05) is 0 Å². The van der Waals surface area contributed by atoms with E-state index in [4.69, 9.17) is 0 Å². The lowest BCUT2D eigenvalue weighted by atomic mass is 10.0. The summed E-state index contributed by atoms with van der Waals surface area (Å²) in [6.07, 6.45) is -9.83. The third-order valence-corrected chi connectivity index (χ3v) is 2.34. The van der Waals surface area contributed by atoms with Gasteiger partial charge in [0.25, 0.3) is 0 Å². The molecule has 0 saturated carbocycles. The molecule has 1 aliphatic heterocycles. The van der Waals surface area contributed by atoms with Crippen molar-refractivity contribution in [2.45, 2.75) is 12.4 Å². The first kappa shape index (κ1) is 14.4. The van der Waals surface area contributed by atoms with E-state index in [2.05, 4.69) is 22.5 Å². The zero-order valence-corrected chi connectivity index (χ0v) is 9.55. The van der Waals surface area contributed by atoms with E-state index in [1.165, 1.54) is 0 Å². The number of hydrogen-bond donors (Lipinski definition) is 1. The highest BCUT2D eigenvalue weighted by molar-refractivity contribution is 5.99. The van der Waals surface area contributed by atoms with Gasteiger partial charge in [-0.3, -0.25) is 0 Å². The molecule has 1 aromatic rings. The first-order chi connectivity index (χ1) is 9.07. The van der Waals surface area contributed by atoms with Crippen molar-refractivity contribution >= 4 is 5.84 Å². The fraction of sp³-hybridized carbons (Fsp3) is 0.200. The minimum Gasteiger partial charge on any atom is -0.192 e. The SMILES string of the molecule is [CH2-][NH+]1N=NC(c2cc(C(F)(F)F)cc(C(F)(F)F)c2)=N1. The molecule has 1 unspecified atom stereocenters. The fourth-order valence-electron chi connectivity index (χ4n) is 1.48. The van der Waals surface area contributed by atoms with Gasteiger partial charge in [-0.15, -0.1) is 0 Å². The zero-order chi connectivity index (χ0) is 15.1. The van der Waals surface area contributed by atoms with E-state index in [1.54, 1.807) is 0 Å². The summed E-state index contributed by atoms with van der Waals surface area (Å²) in [4.78, 5) is 0. The Hall–Kier alpha value is -1.97. The largest absolute Gasteiger partial charge is 0.416 e. The summed E-state index contributed by atoms with van der Waals surface area (Å²) < 4.78 is 75.7. The van der Waals surface area contributed by atoms with Crippen LogP contribution in [-0.2, 0) is 12.4 Å². The molecule has 0 spiro atoms. The van der Waals surface area contributed by atoms with Gasteiger partial charge in [-0.1, -0.05) is 17.3 Å². The van der Waals surface area contributed by atoms with Gasteiger partial charge in [-0.2, -0.15) is 31.5 Å². The van der Waals surface area contributed by atoms with Crippen molar-refractivity contribution in [3.05, 3.63) is 41.9 Å². The Kier molecular flexibility index (Phi) is 3.28. The molecule has 0 radical (unpaired) electrons. The highest BCUT2D eigenvalue weighted by Crippen LogP contribution is 2.36. The van der Waals surface area contributed by atoms with Crippen LogP contribution in [0.25, 0.3) is 0 Å². The molecule has 0 amide bonds. The normalized spacial score (nSPS) is 19.4. The lowest BCUT2D eigenvalue weighted by Crippen LogP contribution is -2.95. The third kappa shape index (κ3) is 2.95. The van der Waals surface area contributed by atoms with Crippen LogP contribution in [0.2, 0.25) is 0 Å². The molecule has 0 saturated heterocycles. The summed E-state index contributed by atoms with van der Waals surface area (Å²) in [5.74, 6) is -0.341. The fourth-order valence-corrected chi connectivity index (χ4v) is 1.48. The molecule has 20 heavy (non-hydrogen) atoms. The molecule has 4 nitrogen and oxygen atoms in total. The van der Waals surface area contributed by atoms with Crippen molar-refractivity contribution in [3.8, 4) is 0 Å². The average molecular weight is 296 g/mol. The van der Waals surface area contributed by atoms with Crippen LogP contribution < -0.4 is 5.12 Å². The highest BCUT2D eigenvalue weighted by atomic mass is 19.4. The van der Waals surface area contributed by atoms with Gasteiger partial charge in [-0.05, 0) is 18.2 Å². The average Bonchev–Trinajstić information content (AvgIpc) is 2.73. The summed E-state index contributed by atoms with van der Waals surface area (Å²) in [5.41, 5.74) is -3.29. The number of alkyl halides is 6. The minimum absolute atomic E-state index is 0.0327. The van der Waals surface area contributed by atoms with Crippen molar-refractivity contribution in [1.82, 2.24) is 0 Å². The number of benzene rings is 1. The smallest absolute Gasteiger partial charge is 0.192 e. The van der Waals surface area contributed by atoms with Gasteiger partial charge in [0.15, 0.2) is 0 Å². The molecule has 1 aromatic carbocycles. The van der Waals surface area contributed by atoms with Crippen LogP contribution in [-0.4, -0.2) is 5.84 Å². The monoisotopic (exact) mass is 296 g/mol. The van der Waals surface area contributed by atoms with Crippen molar-refractivity contribution < 1.29 is 31.5 Å². The summed E-state index contributed by atoms with van der Waals surface area (Å²) in [5, 5.41) is 10.2. The predicted molar refractivity (Wildman–Crippen MR) is 54.2 cm³/mol. The molecule has 10 heteroatoms. The van der Waals surface area contributed by atoms with Crippen LogP contribution >= 0.6 is 0 Å². The maximum absolute atomic E-state index is 12.6. The van der Waals surface area contributed by atoms with Crippen LogP contribution in [0.5, 0.6) is 0 Å². The van der Waals surface area contributed by atoms with Gasteiger partial charge in [0, 0.05) is 10.8 Å². The minimum atomic E-state index is -4.91. The number of halogens is 6. The number of nitrogens with zero attached hydrogens (tertiary/aromatic N) is 3. The molecule has 0 aliphatic carbocycles. The van der Waals surface area contributed by atoms with E-state index < -0.39 is 29.0 Å². The number of amidine groups is 1. The van der Waals surface area contributed by atoms with Crippen LogP contribution in [0, 0.1) is 7.05 Å². The first-order valence-corrected chi connectivity index (χ1v) is 5.06. The second-order valence-electron chi connectivity index (χ2n) is 3.85. The van der Waals surface area contributed by atoms with Gasteiger partial charge in [0.1, 0.15) is 0 Å². The molecular formula is C10H6F6N4. The maximum Gasteiger partial charge on any atom is 0.416 e. The Morgan fingerprint density at radius 1 is 0.900 bits per heavy atom. The molecule has 108 valence electrons. The molecule has 0 aromatic heterocycles. The Bertz CT molecular complexity index is 554. The van der Waals surface area contributed by atoms with Crippen molar-refractivity contribution in [3.63, 3.8) is 0 Å². The molecule has 1 atom stereocenters. The Morgan fingerprint density at radius 3 is 1.75 bits per heavy atom. The summed E-state index contributed by atoms with van der Waals surface area (Å²) in [6.45, 7) is 0. The van der Waals surface area contributed by atoms with Crippen LogP contribution in [0.15, 0.2) is 33.6 Å². The molecule has 0 fully saturated rings. The van der Waals surface area contributed by atoms with Gasteiger partial charge >= 0.3 is 12.4 Å². The van der Waals surface area contributed by atoms with Crippen molar-refractivity contribution in [2.24, 2.45) is 15.4 Å². The topological polar surface area (TPSA) is 41.5 Å². The second-order valence-corrected chi connectivity index (χ2v) is 3.85. The van der Waals surface area contributed by atoms with E-state index in [0.29, 0.717) is 12.1 Å². The number of nitrogens with one attached hydrogen (secondary N) is 1. The zero-order valence-electron chi connectivity index (χ0n) is 9.55. The van der Waals surface area contributed by atoms with Gasteiger partial charge < -0.3 is 0 Å². The molecule has 1 aliphatic rings. The molecular weight excluding hydrogens is 290 g/mol. The third-order valence-electron chi connectivity index (χ3n) is 2.34. The lowest BCUT2D eigenvalue weighted by Gasteiger charge is -2.12. The lowest BCUT2D eigenvalue weighted by molar-refractivity contribution is -0.868. The Labute approximate surface area is 108 Å². The van der Waals surface area contributed by atoms with Gasteiger partial charge in [0.05, 0.1) is 11.1 Å². The quantitative estimate of drug-likeness (QED) is 0.611. The summed E-state index contributed by atoms with van der Waals surface area (Å²) >= 11 is 0. The Morgan fingerprint density at radius 2 is 1.40 bits per heavy atom. The van der Waals surface area contributed by atoms with Crippen LogP contribution in [0.1, 0.15) is 16.7 Å². The second kappa shape index (κ2) is 4.54. The van der Waals surface area contributed by atoms with E-state index in [0.717, 1.165) is 0 Å². The molecule has 2 rings (SSSR count). The number of hydrogen-bond acceptors (Lipinski definition) is 3. The highest BCUT2D eigenvalue weighted by Gasteiger charge is 2.37. The van der Waals surface area contributed by atoms with E-state index in [1.807, 2.05) is 0 Å². The van der Waals surface area contributed by atoms with Crippen LogP contribution in [0.4, 0.5) is 26.3 Å². The van der Waals surface area contributed by atoms with E-state index >= 15 is 0 Å². The number of quaternary nitrogens is 1. The molecule has 1 N–H and O–H groups in total. The predicted octanol–water partition coefficient (Wildman–Crippen LogP) is 2.44. The summed E-state index contributed by atoms with van der Waals surface area (Å²) in [6, 6.07) is 1.10. The molecule has 0 bridgehead atoms. The summed E-state index contributed by atoms with van der Waals surface area (Å²) in [7, 11) is 3.28. The Balaban J connectivity index is 2.58. The van der Waals surface area contributed by atoms with E-state index in [-0.39, 0.29) is 17.0 Å². The van der Waals surface area contributed by atoms with Gasteiger partial charge in [0.2, 0.25) is 5.84 Å². The van der Waals surface area contributed by atoms with Gasteiger partial charge in [-0.25, -0.2) is 0 Å². The number of rotatable bonds is 1.